The van der Waals surface area contributed by atoms with Gasteiger partial charge in [0.25, 0.3) is 0 Å². The van der Waals surface area contributed by atoms with Crippen molar-refractivity contribution in [2.75, 3.05) is 14.2 Å². The number of ether oxygens (including phenoxy) is 2. The van der Waals surface area contributed by atoms with E-state index in [-0.39, 0.29) is 11.5 Å². The number of hydrazine groups is 1. The number of halogens is 1. The lowest BCUT2D eigenvalue weighted by Crippen LogP contribution is -2.37. The molecule has 0 saturated heterocycles. The van der Waals surface area contributed by atoms with E-state index in [9.17, 15) is 0 Å². The van der Waals surface area contributed by atoms with E-state index < -0.39 is 0 Å². The van der Waals surface area contributed by atoms with Crippen molar-refractivity contribution in [2.45, 2.75) is 26.8 Å². The van der Waals surface area contributed by atoms with Gasteiger partial charge in [-0.2, -0.15) is 0 Å². The van der Waals surface area contributed by atoms with Crippen molar-refractivity contribution in [1.82, 2.24) is 5.43 Å². The van der Waals surface area contributed by atoms with Gasteiger partial charge in [-0.3, -0.25) is 11.3 Å². The fourth-order valence-electron chi connectivity index (χ4n) is 1.95. The quantitative estimate of drug-likeness (QED) is 0.662. The lowest BCUT2D eigenvalue weighted by molar-refractivity contribution is 0.266. The maximum atomic E-state index is 5.68. The fraction of sp³-hybridized carbons (Fsp3) is 0.538. The monoisotopic (exact) mass is 316 g/mol. The molecular weight excluding hydrogens is 296 g/mol. The van der Waals surface area contributed by atoms with Crippen molar-refractivity contribution < 1.29 is 9.47 Å². The van der Waals surface area contributed by atoms with E-state index in [1.807, 2.05) is 12.1 Å². The fourth-order valence-corrected chi connectivity index (χ4v) is 2.64. The van der Waals surface area contributed by atoms with Gasteiger partial charge in [-0.05, 0) is 33.5 Å². The molecule has 0 heterocycles. The molecule has 1 unspecified atom stereocenters. The summed E-state index contributed by atoms with van der Waals surface area (Å²) in [7, 11) is 3.26. The first-order valence-corrected chi connectivity index (χ1v) is 6.52. The van der Waals surface area contributed by atoms with E-state index >= 15 is 0 Å². The van der Waals surface area contributed by atoms with Crippen molar-refractivity contribution in [3.8, 4) is 11.5 Å². The van der Waals surface area contributed by atoms with Gasteiger partial charge in [0, 0.05) is 5.56 Å². The summed E-state index contributed by atoms with van der Waals surface area (Å²) in [5, 5.41) is 0. The third kappa shape index (κ3) is 2.96. The number of hydrogen-bond acceptors (Lipinski definition) is 4. The lowest BCUT2D eigenvalue weighted by atomic mass is 9.82. The van der Waals surface area contributed by atoms with Crippen LogP contribution in [0.4, 0.5) is 0 Å². The highest BCUT2D eigenvalue weighted by Gasteiger charge is 2.29. The molecule has 4 nitrogen and oxygen atoms in total. The van der Waals surface area contributed by atoms with Crippen molar-refractivity contribution in [3.63, 3.8) is 0 Å². The maximum absolute atomic E-state index is 5.68. The number of nitrogens with two attached hydrogens (primary N) is 1. The summed E-state index contributed by atoms with van der Waals surface area (Å²) in [6.45, 7) is 6.36. The molecule has 0 aliphatic rings. The van der Waals surface area contributed by atoms with Crippen molar-refractivity contribution >= 4 is 15.9 Å². The summed E-state index contributed by atoms with van der Waals surface area (Å²) in [5.41, 5.74) is 3.82. The minimum absolute atomic E-state index is 0.0188. The molecular formula is C13H21BrN2O2. The Hall–Kier alpha value is -0.780. The summed E-state index contributed by atoms with van der Waals surface area (Å²) in [6.07, 6.45) is 0. The van der Waals surface area contributed by atoms with E-state index in [0.29, 0.717) is 0 Å². The second-order valence-electron chi connectivity index (χ2n) is 5.17. The lowest BCUT2D eigenvalue weighted by Gasteiger charge is -2.31. The Morgan fingerprint density at radius 1 is 1.22 bits per heavy atom. The van der Waals surface area contributed by atoms with Gasteiger partial charge in [-0.15, -0.1) is 0 Å². The Kier molecular flexibility index (Phi) is 5.01. The molecule has 0 saturated carbocycles. The van der Waals surface area contributed by atoms with E-state index in [1.165, 1.54) is 0 Å². The summed E-state index contributed by atoms with van der Waals surface area (Å²) >= 11 is 3.50. The van der Waals surface area contributed by atoms with Gasteiger partial charge in [0.1, 0.15) is 16.0 Å². The largest absolute Gasteiger partial charge is 0.495 e. The van der Waals surface area contributed by atoms with Crippen LogP contribution < -0.4 is 20.7 Å². The highest BCUT2D eigenvalue weighted by Crippen LogP contribution is 2.43. The summed E-state index contributed by atoms with van der Waals surface area (Å²) in [5.74, 6) is 7.16. The molecule has 3 N–H and O–H groups in total. The minimum Gasteiger partial charge on any atom is -0.495 e. The van der Waals surface area contributed by atoms with Crippen LogP contribution in [-0.4, -0.2) is 14.2 Å². The molecule has 0 amide bonds. The van der Waals surface area contributed by atoms with Crippen molar-refractivity contribution in [3.05, 3.63) is 22.2 Å². The van der Waals surface area contributed by atoms with Crippen LogP contribution >= 0.6 is 15.9 Å². The molecule has 1 aromatic rings. The van der Waals surface area contributed by atoms with E-state index in [2.05, 4.69) is 42.1 Å². The highest BCUT2D eigenvalue weighted by atomic mass is 79.9. The smallest absolute Gasteiger partial charge is 0.141 e. The number of benzene rings is 1. The molecule has 1 atom stereocenters. The Balaban J connectivity index is 3.36. The molecule has 1 aromatic carbocycles. The molecule has 0 fully saturated rings. The number of hydrogen-bond donors (Lipinski definition) is 2. The van der Waals surface area contributed by atoms with Gasteiger partial charge in [0.2, 0.25) is 0 Å². The molecule has 18 heavy (non-hydrogen) atoms. The maximum Gasteiger partial charge on any atom is 0.141 e. The Bertz CT molecular complexity index is 416. The first-order valence-electron chi connectivity index (χ1n) is 5.73. The predicted molar refractivity (Wildman–Crippen MR) is 76.8 cm³/mol. The van der Waals surface area contributed by atoms with Crippen LogP contribution in [0.15, 0.2) is 16.6 Å². The first kappa shape index (κ1) is 15.3. The van der Waals surface area contributed by atoms with Crippen LogP contribution in [0.1, 0.15) is 32.4 Å². The minimum atomic E-state index is -0.0317. The molecule has 0 bridgehead atoms. The zero-order valence-corrected chi connectivity index (χ0v) is 13.1. The van der Waals surface area contributed by atoms with E-state index in [4.69, 9.17) is 15.3 Å². The number of rotatable bonds is 4. The molecule has 0 spiro atoms. The zero-order chi connectivity index (χ0) is 13.9. The third-order valence-electron chi connectivity index (χ3n) is 2.86. The number of nitrogens with one attached hydrogen (secondary N) is 1. The number of methoxy groups -OCH3 is 2. The van der Waals surface area contributed by atoms with Crippen LogP contribution in [-0.2, 0) is 0 Å². The van der Waals surface area contributed by atoms with E-state index in [1.54, 1.807) is 14.2 Å². The van der Waals surface area contributed by atoms with Gasteiger partial charge in [0.15, 0.2) is 0 Å². The Morgan fingerprint density at radius 2 is 1.83 bits per heavy atom. The van der Waals surface area contributed by atoms with Gasteiger partial charge in [-0.25, -0.2) is 0 Å². The van der Waals surface area contributed by atoms with Gasteiger partial charge >= 0.3 is 0 Å². The average molecular weight is 317 g/mol. The molecule has 102 valence electrons. The van der Waals surface area contributed by atoms with Gasteiger partial charge in [-0.1, -0.05) is 20.8 Å². The summed E-state index contributed by atoms with van der Waals surface area (Å²) < 4.78 is 11.5. The molecule has 0 aliphatic heterocycles. The predicted octanol–water partition coefficient (Wildman–Crippen LogP) is 3.02. The second-order valence-corrected chi connectivity index (χ2v) is 5.96. The molecule has 0 aromatic heterocycles. The van der Waals surface area contributed by atoms with Crippen molar-refractivity contribution in [1.29, 1.82) is 0 Å². The molecule has 1 rings (SSSR count). The van der Waals surface area contributed by atoms with Gasteiger partial charge in [0.05, 0.1) is 20.3 Å². The Morgan fingerprint density at radius 3 is 2.22 bits per heavy atom. The van der Waals surface area contributed by atoms with Crippen LogP contribution in [0.5, 0.6) is 11.5 Å². The summed E-state index contributed by atoms with van der Waals surface area (Å²) in [6, 6.07) is 3.85. The van der Waals surface area contributed by atoms with Crippen LogP contribution in [0, 0.1) is 5.41 Å². The van der Waals surface area contributed by atoms with Gasteiger partial charge < -0.3 is 9.47 Å². The molecule has 5 heteroatoms. The second kappa shape index (κ2) is 5.91. The zero-order valence-electron chi connectivity index (χ0n) is 11.5. The highest BCUT2D eigenvalue weighted by molar-refractivity contribution is 9.10. The van der Waals surface area contributed by atoms with Crippen LogP contribution in [0.3, 0.4) is 0 Å². The average Bonchev–Trinajstić information content (AvgIpc) is 2.28. The topological polar surface area (TPSA) is 56.5 Å². The normalized spacial score (nSPS) is 13.3. The third-order valence-corrected chi connectivity index (χ3v) is 3.61. The Labute approximate surface area is 117 Å². The first-order chi connectivity index (χ1) is 8.36. The van der Waals surface area contributed by atoms with E-state index in [0.717, 1.165) is 21.5 Å². The van der Waals surface area contributed by atoms with Crippen LogP contribution in [0.2, 0.25) is 0 Å². The van der Waals surface area contributed by atoms with Crippen LogP contribution in [0.25, 0.3) is 0 Å². The standard InChI is InChI=1S/C13H21BrN2O2/c1-13(2,3)12(16-15)8-6-7-9(17-4)10(14)11(8)18-5/h6-7,12,16H,15H2,1-5H3. The molecule has 0 aliphatic carbocycles. The summed E-state index contributed by atoms with van der Waals surface area (Å²) in [4.78, 5) is 0. The SMILES string of the molecule is COc1ccc(C(NN)C(C)(C)C)c(OC)c1Br. The van der Waals surface area contributed by atoms with Crippen molar-refractivity contribution in [2.24, 2.45) is 11.3 Å². The molecule has 0 radical (unpaired) electrons.